The lowest BCUT2D eigenvalue weighted by molar-refractivity contribution is 0.0700. The molecule has 1 saturated heterocycles. The first-order valence-corrected chi connectivity index (χ1v) is 7.61. The normalized spacial score (nSPS) is 25.2. The molecule has 1 aliphatic heterocycles. The zero-order valence-electron chi connectivity index (χ0n) is 10.4. The molecule has 0 radical (unpaired) electrons. The Kier molecular flexibility index (Phi) is 3.98. The summed E-state index contributed by atoms with van der Waals surface area (Å²) < 4.78 is 33.5. The van der Waals surface area contributed by atoms with Crippen LogP contribution in [-0.4, -0.2) is 49.5 Å². The first kappa shape index (κ1) is 14.1. The van der Waals surface area contributed by atoms with Crippen LogP contribution in [0.2, 0.25) is 0 Å². The van der Waals surface area contributed by atoms with E-state index in [9.17, 15) is 18.6 Å². The van der Waals surface area contributed by atoms with Crippen molar-refractivity contribution >= 4 is 9.84 Å². The van der Waals surface area contributed by atoms with Gasteiger partial charge in [-0.25, -0.2) is 8.42 Å². The van der Waals surface area contributed by atoms with Crippen LogP contribution in [0.3, 0.4) is 0 Å². The van der Waals surface area contributed by atoms with Crippen molar-refractivity contribution < 1.29 is 28.1 Å². The van der Waals surface area contributed by atoms with Crippen molar-refractivity contribution in [1.29, 1.82) is 0 Å². The van der Waals surface area contributed by atoms with Crippen LogP contribution in [-0.2, 0) is 16.4 Å². The maximum atomic E-state index is 11.4. The van der Waals surface area contributed by atoms with E-state index in [1.54, 1.807) is 18.2 Å². The molecule has 1 aliphatic rings. The van der Waals surface area contributed by atoms with Gasteiger partial charge in [-0.15, -0.1) is 0 Å². The number of aliphatic hydroxyl groups is 2. The molecule has 2 atom stereocenters. The van der Waals surface area contributed by atoms with Crippen LogP contribution in [0.5, 0.6) is 11.5 Å². The van der Waals surface area contributed by atoms with Crippen molar-refractivity contribution in [3.63, 3.8) is 0 Å². The van der Waals surface area contributed by atoms with Crippen molar-refractivity contribution in [2.75, 3.05) is 18.6 Å². The quantitative estimate of drug-likeness (QED) is 0.792. The Morgan fingerprint density at radius 2 is 2.11 bits per heavy atom. The fourth-order valence-electron chi connectivity index (χ4n) is 2.04. The highest BCUT2D eigenvalue weighted by molar-refractivity contribution is 7.91. The summed E-state index contributed by atoms with van der Waals surface area (Å²) >= 11 is 0. The smallest absolute Gasteiger partial charge is 0.167 e. The van der Waals surface area contributed by atoms with E-state index in [-0.39, 0.29) is 23.9 Å². The van der Waals surface area contributed by atoms with E-state index in [0.717, 1.165) is 0 Å². The molecule has 2 unspecified atom stereocenters. The summed E-state index contributed by atoms with van der Waals surface area (Å²) in [6.07, 6.45) is -1.91. The van der Waals surface area contributed by atoms with Gasteiger partial charge >= 0.3 is 0 Å². The van der Waals surface area contributed by atoms with Crippen molar-refractivity contribution in [3.8, 4) is 11.5 Å². The molecule has 0 aromatic heterocycles. The number of ether oxygens (including phenoxy) is 2. The fourth-order valence-corrected chi connectivity index (χ4v) is 3.70. The van der Waals surface area contributed by atoms with Crippen LogP contribution < -0.4 is 9.47 Å². The lowest BCUT2D eigenvalue weighted by Gasteiger charge is -2.19. The van der Waals surface area contributed by atoms with Gasteiger partial charge in [-0.1, -0.05) is 12.1 Å². The van der Waals surface area contributed by atoms with E-state index in [0.29, 0.717) is 11.3 Å². The molecule has 2 N–H and O–H groups in total. The van der Waals surface area contributed by atoms with Crippen molar-refractivity contribution in [1.82, 2.24) is 0 Å². The van der Waals surface area contributed by atoms with Crippen LogP contribution in [0.15, 0.2) is 18.2 Å². The number of hydrogen-bond acceptors (Lipinski definition) is 6. The van der Waals surface area contributed by atoms with E-state index >= 15 is 0 Å². The van der Waals surface area contributed by atoms with E-state index < -0.39 is 22.0 Å². The number of methoxy groups -OCH3 is 1. The second-order valence-electron chi connectivity index (χ2n) is 4.41. The van der Waals surface area contributed by atoms with Crippen LogP contribution in [0.4, 0.5) is 0 Å². The van der Waals surface area contributed by atoms with Gasteiger partial charge < -0.3 is 19.7 Å². The van der Waals surface area contributed by atoms with Gasteiger partial charge in [0.05, 0.1) is 25.2 Å². The Morgan fingerprint density at radius 1 is 1.37 bits per heavy atom. The van der Waals surface area contributed by atoms with E-state index in [1.807, 2.05) is 0 Å². The summed E-state index contributed by atoms with van der Waals surface area (Å²) in [5, 5.41) is 19.0. The second-order valence-corrected chi connectivity index (χ2v) is 6.56. The molecule has 0 saturated carbocycles. The molecule has 0 bridgehead atoms. The molecule has 1 heterocycles. The number of hydrogen-bond donors (Lipinski definition) is 2. The minimum Gasteiger partial charge on any atom is -0.493 e. The SMILES string of the molecule is COc1cccc(CO)c1OC1CS(=O)(=O)CC1O. The lowest BCUT2D eigenvalue weighted by Crippen LogP contribution is -2.30. The van der Waals surface area contributed by atoms with Gasteiger partial charge in [0.2, 0.25) is 0 Å². The Labute approximate surface area is 111 Å². The maximum Gasteiger partial charge on any atom is 0.167 e. The first-order chi connectivity index (χ1) is 8.96. The minimum absolute atomic E-state index is 0.239. The minimum atomic E-state index is -3.28. The Bertz CT molecular complexity index is 531. The number of aliphatic hydroxyl groups excluding tert-OH is 2. The van der Waals surface area contributed by atoms with Gasteiger partial charge in [-0.2, -0.15) is 0 Å². The topological polar surface area (TPSA) is 93.1 Å². The van der Waals surface area contributed by atoms with Gasteiger partial charge in [0.15, 0.2) is 21.3 Å². The predicted octanol–water partition coefficient (Wildman–Crippen LogP) is -0.276. The lowest BCUT2D eigenvalue weighted by atomic mass is 10.2. The fraction of sp³-hybridized carbons (Fsp3) is 0.500. The third-order valence-electron chi connectivity index (χ3n) is 2.99. The summed E-state index contributed by atoms with van der Waals surface area (Å²) in [4.78, 5) is 0. The molecule has 0 aliphatic carbocycles. The molecule has 7 heteroatoms. The van der Waals surface area contributed by atoms with Crippen LogP contribution in [0.25, 0.3) is 0 Å². The van der Waals surface area contributed by atoms with Crippen molar-refractivity contribution in [2.24, 2.45) is 0 Å². The molecule has 19 heavy (non-hydrogen) atoms. The Balaban J connectivity index is 2.28. The van der Waals surface area contributed by atoms with E-state index in [1.165, 1.54) is 7.11 Å². The third kappa shape index (κ3) is 2.99. The van der Waals surface area contributed by atoms with Gasteiger partial charge in [0, 0.05) is 5.56 Å². The molecule has 1 aromatic carbocycles. The van der Waals surface area contributed by atoms with Gasteiger partial charge in [-0.3, -0.25) is 0 Å². The molecular formula is C12H16O6S. The summed E-state index contributed by atoms with van der Waals surface area (Å²) in [5.41, 5.74) is 0.482. The molecule has 1 fully saturated rings. The summed E-state index contributed by atoms with van der Waals surface area (Å²) in [7, 11) is -1.83. The van der Waals surface area contributed by atoms with Crippen molar-refractivity contribution in [3.05, 3.63) is 23.8 Å². The molecule has 6 nitrogen and oxygen atoms in total. The van der Waals surface area contributed by atoms with E-state index in [4.69, 9.17) is 9.47 Å². The highest BCUT2D eigenvalue weighted by Crippen LogP contribution is 2.33. The molecule has 0 amide bonds. The van der Waals surface area contributed by atoms with Gasteiger partial charge in [-0.05, 0) is 6.07 Å². The molecule has 0 spiro atoms. The highest BCUT2D eigenvalue weighted by atomic mass is 32.2. The largest absolute Gasteiger partial charge is 0.493 e. The Hall–Kier alpha value is -1.31. The van der Waals surface area contributed by atoms with Crippen molar-refractivity contribution in [2.45, 2.75) is 18.8 Å². The van der Waals surface area contributed by atoms with E-state index in [2.05, 4.69) is 0 Å². The van der Waals surface area contributed by atoms with Crippen LogP contribution in [0, 0.1) is 0 Å². The summed E-state index contributed by atoms with van der Waals surface area (Å²) in [6, 6.07) is 4.98. The summed E-state index contributed by atoms with van der Waals surface area (Å²) in [5.74, 6) is 0.120. The number of sulfone groups is 1. The molecular weight excluding hydrogens is 272 g/mol. The predicted molar refractivity (Wildman–Crippen MR) is 68.0 cm³/mol. The average Bonchev–Trinajstić information content (AvgIpc) is 2.62. The third-order valence-corrected chi connectivity index (χ3v) is 4.68. The molecule has 2 rings (SSSR count). The zero-order valence-corrected chi connectivity index (χ0v) is 11.3. The molecule has 106 valence electrons. The first-order valence-electron chi connectivity index (χ1n) is 5.78. The summed E-state index contributed by atoms with van der Waals surface area (Å²) in [6.45, 7) is -0.262. The monoisotopic (exact) mass is 288 g/mol. The second kappa shape index (κ2) is 5.36. The maximum absolute atomic E-state index is 11.4. The van der Waals surface area contributed by atoms with Crippen LogP contribution >= 0.6 is 0 Å². The zero-order chi connectivity index (χ0) is 14.0. The average molecular weight is 288 g/mol. The standard InChI is InChI=1S/C12H16O6S/c1-17-10-4-2-3-8(5-13)12(10)18-11-7-19(15,16)6-9(11)14/h2-4,9,11,13-14H,5-7H2,1H3. The number of rotatable bonds is 4. The van der Waals surface area contributed by atoms with Gasteiger partial charge in [0.25, 0.3) is 0 Å². The number of para-hydroxylation sites is 1. The van der Waals surface area contributed by atoms with Crippen LogP contribution in [0.1, 0.15) is 5.56 Å². The van der Waals surface area contributed by atoms with Gasteiger partial charge in [0.1, 0.15) is 12.2 Å². The highest BCUT2D eigenvalue weighted by Gasteiger charge is 2.38. The number of benzene rings is 1. The Morgan fingerprint density at radius 3 is 2.63 bits per heavy atom. The molecule has 1 aromatic rings.